The second-order valence-electron chi connectivity index (χ2n) is 7.01. The smallest absolute Gasteiger partial charge is 0.416 e. The number of rotatable bonds is 5. The molecule has 0 N–H and O–H groups in total. The van der Waals surface area contributed by atoms with E-state index in [1.54, 1.807) is 6.92 Å². The molecule has 1 aliphatic heterocycles. The molecule has 6 nitrogen and oxygen atoms in total. The summed E-state index contributed by atoms with van der Waals surface area (Å²) in [5.41, 5.74) is -0.617. The van der Waals surface area contributed by atoms with Crippen LogP contribution < -0.4 is 4.90 Å². The Hall–Kier alpha value is -2.58. The summed E-state index contributed by atoms with van der Waals surface area (Å²) in [7, 11) is 0. The van der Waals surface area contributed by atoms with Crippen LogP contribution in [0.5, 0.6) is 0 Å². The Morgan fingerprint density at radius 3 is 2.70 bits per heavy atom. The van der Waals surface area contributed by atoms with Gasteiger partial charge in [-0.15, -0.1) is 0 Å². The molecule has 2 aliphatic rings. The fourth-order valence-electron chi connectivity index (χ4n) is 3.57. The molecule has 0 radical (unpaired) electrons. The van der Waals surface area contributed by atoms with E-state index in [0.717, 1.165) is 19.2 Å². The van der Waals surface area contributed by atoms with Gasteiger partial charge in [-0.2, -0.15) is 13.2 Å². The summed E-state index contributed by atoms with van der Waals surface area (Å²) < 4.78 is 47.0. The fourth-order valence-corrected chi connectivity index (χ4v) is 3.57. The van der Waals surface area contributed by atoms with Crippen molar-refractivity contribution in [2.24, 2.45) is 11.8 Å². The molecule has 1 saturated heterocycles. The van der Waals surface area contributed by atoms with Crippen LogP contribution in [0.1, 0.15) is 35.0 Å². The van der Waals surface area contributed by atoms with Gasteiger partial charge in [0.1, 0.15) is 5.82 Å². The Kier molecular flexibility index (Phi) is 4.32. The minimum absolute atomic E-state index is 0.0309. The molecule has 27 heavy (non-hydrogen) atoms. The number of ether oxygens (including phenoxy) is 1. The van der Waals surface area contributed by atoms with Gasteiger partial charge in [-0.05, 0) is 31.2 Å². The third kappa shape index (κ3) is 3.63. The van der Waals surface area contributed by atoms with Crippen LogP contribution in [0, 0.1) is 11.8 Å². The molecule has 1 saturated carbocycles. The number of hydrogen-bond donors (Lipinski definition) is 0. The number of imidazole rings is 1. The highest BCUT2D eigenvalue weighted by atomic mass is 19.4. The number of alkyl halides is 3. The van der Waals surface area contributed by atoms with Gasteiger partial charge in [0.25, 0.3) is 0 Å². The summed E-state index contributed by atoms with van der Waals surface area (Å²) in [6, 6.07) is 1.13. The van der Waals surface area contributed by atoms with E-state index in [2.05, 4.69) is 9.97 Å². The molecule has 2 aromatic rings. The van der Waals surface area contributed by atoms with E-state index < -0.39 is 17.7 Å². The lowest BCUT2D eigenvalue weighted by molar-refractivity contribution is -0.138. The standard InChI is InChI=1S/C18H19F3N4O2/c1-2-27-17(26)15-9-24(10-23-15)6-13-5-22-16(4-14(13)18(19,20)21)25-7-11-3-12(11)8-25/h4-5,9-12H,2-3,6-8H2,1H3. The first-order chi connectivity index (χ1) is 12.8. The molecule has 0 bridgehead atoms. The van der Waals surface area contributed by atoms with Gasteiger partial charge in [-0.1, -0.05) is 0 Å². The van der Waals surface area contributed by atoms with E-state index in [4.69, 9.17) is 4.74 Å². The third-order valence-corrected chi connectivity index (χ3v) is 5.05. The number of aromatic nitrogens is 3. The summed E-state index contributed by atoms with van der Waals surface area (Å²) >= 11 is 0. The molecular weight excluding hydrogens is 361 g/mol. The lowest BCUT2D eigenvalue weighted by atomic mass is 10.1. The van der Waals surface area contributed by atoms with Crippen molar-refractivity contribution >= 4 is 11.8 Å². The molecular formula is C18H19F3N4O2. The minimum atomic E-state index is -4.49. The average Bonchev–Trinajstić information content (AvgIpc) is 3.02. The highest BCUT2D eigenvalue weighted by molar-refractivity contribution is 5.86. The van der Waals surface area contributed by atoms with Gasteiger partial charge in [0, 0.05) is 31.0 Å². The van der Waals surface area contributed by atoms with Crippen LogP contribution in [0.2, 0.25) is 0 Å². The molecule has 144 valence electrons. The minimum Gasteiger partial charge on any atom is -0.461 e. The van der Waals surface area contributed by atoms with Gasteiger partial charge in [0.05, 0.1) is 25.0 Å². The lowest BCUT2D eigenvalue weighted by Gasteiger charge is -2.21. The molecule has 0 aromatic carbocycles. The van der Waals surface area contributed by atoms with Gasteiger partial charge < -0.3 is 14.2 Å². The largest absolute Gasteiger partial charge is 0.461 e. The number of fused-ring (bicyclic) bond motifs is 1. The molecule has 9 heteroatoms. The van der Waals surface area contributed by atoms with E-state index >= 15 is 0 Å². The summed E-state index contributed by atoms with van der Waals surface area (Å²) in [6.45, 7) is 3.34. The van der Waals surface area contributed by atoms with Crippen LogP contribution >= 0.6 is 0 Å². The lowest BCUT2D eigenvalue weighted by Crippen LogP contribution is -2.24. The number of carbonyl (C=O) groups is 1. The van der Waals surface area contributed by atoms with E-state index in [0.29, 0.717) is 17.7 Å². The van der Waals surface area contributed by atoms with E-state index in [1.807, 2.05) is 4.90 Å². The maximum absolute atomic E-state index is 13.6. The number of piperidine rings is 1. The molecule has 2 aromatic heterocycles. The number of nitrogens with zero attached hydrogens (tertiary/aromatic N) is 4. The summed E-state index contributed by atoms with van der Waals surface area (Å²) in [4.78, 5) is 21.7. The van der Waals surface area contributed by atoms with Crippen molar-refractivity contribution in [1.82, 2.24) is 14.5 Å². The van der Waals surface area contributed by atoms with Crippen molar-refractivity contribution in [2.45, 2.75) is 26.1 Å². The van der Waals surface area contributed by atoms with Crippen LogP contribution in [0.25, 0.3) is 0 Å². The van der Waals surface area contributed by atoms with Gasteiger partial charge in [-0.25, -0.2) is 14.8 Å². The van der Waals surface area contributed by atoms with Crippen molar-refractivity contribution in [3.8, 4) is 0 Å². The van der Waals surface area contributed by atoms with Gasteiger partial charge >= 0.3 is 12.1 Å². The maximum atomic E-state index is 13.6. The van der Waals surface area contributed by atoms with Crippen LogP contribution in [0.15, 0.2) is 24.8 Å². The van der Waals surface area contributed by atoms with Crippen LogP contribution in [0.3, 0.4) is 0 Å². The number of anilines is 1. The zero-order chi connectivity index (χ0) is 19.2. The zero-order valence-corrected chi connectivity index (χ0v) is 14.7. The molecule has 0 spiro atoms. The molecule has 2 unspecified atom stereocenters. The van der Waals surface area contributed by atoms with Crippen molar-refractivity contribution in [1.29, 1.82) is 0 Å². The van der Waals surface area contributed by atoms with Crippen LogP contribution in [-0.2, 0) is 17.5 Å². The van der Waals surface area contributed by atoms with Crippen LogP contribution in [-0.4, -0.2) is 40.2 Å². The predicted octanol–water partition coefficient (Wildman–Crippen LogP) is 2.98. The van der Waals surface area contributed by atoms with Gasteiger partial charge in [0.15, 0.2) is 5.69 Å². The Morgan fingerprint density at radius 2 is 2.04 bits per heavy atom. The Bertz CT molecular complexity index is 855. The van der Waals surface area contributed by atoms with E-state index in [-0.39, 0.29) is 24.4 Å². The Morgan fingerprint density at radius 1 is 1.30 bits per heavy atom. The SMILES string of the molecule is CCOC(=O)c1cn(Cc2cnc(N3CC4CC4C3)cc2C(F)(F)F)cn1. The number of esters is 1. The molecule has 2 atom stereocenters. The molecule has 3 heterocycles. The van der Waals surface area contributed by atoms with Crippen molar-refractivity contribution in [3.63, 3.8) is 0 Å². The zero-order valence-electron chi connectivity index (χ0n) is 14.7. The van der Waals surface area contributed by atoms with Gasteiger partial charge in [-0.3, -0.25) is 0 Å². The normalized spacial score (nSPS) is 21.3. The number of pyridine rings is 1. The number of carbonyl (C=O) groups excluding carboxylic acids is 1. The predicted molar refractivity (Wildman–Crippen MR) is 90.3 cm³/mol. The van der Waals surface area contributed by atoms with Crippen molar-refractivity contribution in [2.75, 3.05) is 24.6 Å². The molecule has 2 fully saturated rings. The average molecular weight is 380 g/mol. The molecule has 1 aliphatic carbocycles. The molecule has 4 rings (SSSR count). The number of hydrogen-bond acceptors (Lipinski definition) is 5. The third-order valence-electron chi connectivity index (χ3n) is 5.05. The quantitative estimate of drug-likeness (QED) is 0.747. The van der Waals surface area contributed by atoms with E-state index in [1.165, 1.54) is 29.7 Å². The second-order valence-corrected chi connectivity index (χ2v) is 7.01. The van der Waals surface area contributed by atoms with Crippen molar-refractivity contribution in [3.05, 3.63) is 41.6 Å². The molecule has 0 amide bonds. The monoisotopic (exact) mass is 380 g/mol. The number of halogens is 3. The highest BCUT2D eigenvalue weighted by Crippen LogP contribution is 2.46. The maximum Gasteiger partial charge on any atom is 0.416 e. The van der Waals surface area contributed by atoms with Crippen LogP contribution in [0.4, 0.5) is 19.0 Å². The summed E-state index contributed by atoms with van der Waals surface area (Å²) in [5, 5.41) is 0. The first kappa shape index (κ1) is 17.8. The van der Waals surface area contributed by atoms with Gasteiger partial charge in [0.2, 0.25) is 0 Å². The first-order valence-electron chi connectivity index (χ1n) is 8.85. The first-order valence-corrected chi connectivity index (χ1v) is 8.85. The Labute approximate surface area is 154 Å². The fraction of sp³-hybridized carbons (Fsp3) is 0.500. The van der Waals surface area contributed by atoms with E-state index in [9.17, 15) is 18.0 Å². The second kappa shape index (κ2) is 6.54. The summed E-state index contributed by atoms with van der Waals surface area (Å²) in [6.07, 6.45) is 0.644. The Balaban J connectivity index is 1.57. The highest BCUT2D eigenvalue weighted by Gasteiger charge is 2.46. The topological polar surface area (TPSA) is 60.3 Å². The van der Waals surface area contributed by atoms with Crippen molar-refractivity contribution < 1.29 is 22.7 Å². The summed E-state index contributed by atoms with van der Waals surface area (Å²) in [5.74, 6) is 0.977.